The fourth-order valence-corrected chi connectivity index (χ4v) is 1.60. The second kappa shape index (κ2) is 5.70. The van der Waals surface area contributed by atoms with E-state index in [1.807, 2.05) is 18.2 Å². The molecule has 2 aromatic rings. The van der Waals surface area contributed by atoms with Crippen LogP contribution in [0.3, 0.4) is 0 Å². The van der Waals surface area contributed by atoms with E-state index in [9.17, 15) is 4.79 Å². The molecule has 0 atom stereocenters. The summed E-state index contributed by atoms with van der Waals surface area (Å²) in [7, 11) is 0. The summed E-state index contributed by atoms with van der Waals surface area (Å²) in [6.07, 6.45) is 5.85. The van der Waals surface area contributed by atoms with Gasteiger partial charge >= 0.3 is 0 Å². The van der Waals surface area contributed by atoms with Crippen molar-refractivity contribution in [3.63, 3.8) is 0 Å². The molecular formula is C13H11N3O2. The molecule has 1 aromatic heterocycles. The van der Waals surface area contributed by atoms with Crippen molar-refractivity contribution in [2.75, 3.05) is 6.54 Å². The Balaban J connectivity index is 2.22. The first-order valence-corrected chi connectivity index (χ1v) is 5.50. The van der Waals surface area contributed by atoms with Crippen LogP contribution in [-0.2, 0) is 0 Å². The minimum atomic E-state index is -0.0550. The highest BCUT2D eigenvalue weighted by atomic mass is 16.3. The van der Waals surface area contributed by atoms with Gasteiger partial charge < -0.3 is 4.42 Å². The summed E-state index contributed by atoms with van der Waals surface area (Å²) in [6, 6.07) is 6.82. The van der Waals surface area contributed by atoms with Crippen LogP contribution >= 0.6 is 0 Å². The van der Waals surface area contributed by atoms with E-state index in [1.54, 1.807) is 12.1 Å². The maximum atomic E-state index is 11.6. The minimum Gasteiger partial charge on any atom is -0.464 e. The number of nitrogens with zero attached hydrogens (tertiary/aromatic N) is 3. The highest BCUT2D eigenvalue weighted by Gasteiger charge is 1.99. The van der Waals surface area contributed by atoms with Crippen LogP contribution in [0.2, 0.25) is 0 Å². The third kappa shape index (κ3) is 2.78. The van der Waals surface area contributed by atoms with Crippen molar-refractivity contribution in [2.24, 2.45) is 5.11 Å². The first-order valence-electron chi connectivity index (χ1n) is 5.50. The van der Waals surface area contributed by atoms with Gasteiger partial charge in [0.1, 0.15) is 5.58 Å². The van der Waals surface area contributed by atoms with Gasteiger partial charge in [-0.2, -0.15) is 0 Å². The molecule has 0 aliphatic rings. The molecular weight excluding hydrogens is 230 g/mol. The van der Waals surface area contributed by atoms with E-state index in [2.05, 4.69) is 10.0 Å². The van der Waals surface area contributed by atoms with Crippen LogP contribution in [0.5, 0.6) is 0 Å². The van der Waals surface area contributed by atoms with Crippen LogP contribution in [0, 0.1) is 0 Å². The Morgan fingerprint density at radius 1 is 1.39 bits per heavy atom. The smallest absolute Gasteiger partial charge is 0.192 e. The molecule has 1 heterocycles. The second-order valence-corrected chi connectivity index (χ2v) is 3.69. The summed E-state index contributed by atoms with van der Waals surface area (Å²) in [5.74, 6) is 0. The van der Waals surface area contributed by atoms with Crippen molar-refractivity contribution in [2.45, 2.75) is 6.42 Å². The predicted molar refractivity (Wildman–Crippen MR) is 70.1 cm³/mol. The average molecular weight is 241 g/mol. The van der Waals surface area contributed by atoms with Crippen molar-refractivity contribution in [1.82, 2.24) is 0 Å². The molecule has 0 aliphatic heterocycles. The van der Waals surface area contributed by atoms with Gasteiger partial charge in [-0.1, -0.05) is 23.3 Å². The molecule has 0 spiro atoms. The second-order valence-electron chi connectivity index (χ2n) is 3.69. The van der Waals surface area contributed by atoms with Gasteiger partial charge in [0.05, 0.1) is 11.6 Å². The summed E-state index contributed by atoms with van der Waals surface area (Å²) in [4.78, 5) is 14.3. The maximum absolute atomic E-state index is 11.6. The number of fused-ring (bicyclic) bond motifs is 1. The highest BCUT2D eigenvalue weighted by molar-refractivity contribution is 5.79. The van der Waals surface area contributed by atoms with Gasteiger partial charge in [-0.15, -0.1) is 0 Å². The van der Waals surface area contributed by atoms with Crippen LogP contribution in [-0.4, -0.2) is 6.54 Å². The van der Waals surface area contributed by atoms with Gasteiger partial charge in [-0.05, 0) is 29.6 Å². The maximum Gasteiger partial charge on any atom is 0.192 e. The van der Waals surface area contributed by atoms with Crippen molar-refractivity contribution < 1.29 is 4.42 Å². The van der Waals surface area contributed by atoms with Gasteiger partial charge in [0.15, 0.2) is 5.43 Å². The Morgan fingerprint density at radius 2 is 2.28 bits per heavy atom. The third-order valence-corrected chi connectivity index (χ3v) is 2.45. The number of benzene rings is 1. The Hall–Kier alpha value is -2.52. The monoisotopic (exact) mass is 241 g/mol. The zero-order chi connectivity index (χ0) is 12.8. The average Bonchev–Trinajstić information content (AvgIpc) is 2.39. The lowest BCUT2D eigenvalue weighted by Crippen LogP contribution is -1.97. The Labute approximate surface area is 103 Å². The normalized spacial score (nSPS) is 10.7. The number of azide groups is 1. The lowest BCUT2D eigenvalue weighted by molar-refractivity contribution is 0.602. The highest BCUT2D eigenvalue weighted by Crippen LogP contribution is 2.13. The summed E-state index contributed by atoms with van der Waals surface area (Å²) >= 11 is 0. The summed E-state index contributed by atoms with van der Waals surface area (Å²) in [5, 5.41) is 4.00. The zero-order valence-corrected chi connectivity index (χ0v) is 9.61. The van der Waals surface area contributed by atoms with Crippen molar-refractivity contribution >= 4 is 17.0 Å². The summed E-state index contributed by atoms with van der Waals surface area (Å²) in [6.45, 7) is 0.433. The zero-order valence-electron chi connectivity index (χ0n) is 9.61. The van der Waals surface area contributed by atoms with Crippen LogP contribution in [0.1, 0.15) is 12.0 Å². The molecule has 1 aromatic carbocycles. The fourth-order valence-electron chi connectivity index (χ4n) is 1.60. The van der Waals surface area contributed by atoms with Gasteiger partial charge in [-0.3, -0.25) is 4.79 Å². The van der Waals surface area contributed by atoms with Gasteiger partial charge in [0.25, 0.3) is 0 Å². The Bertz CT molecular complexity index is 682. The van der Waals surface area contributed by atoms with Gasteiger partial charge in [0.2, 0.25) is 0 Å². The topological polar surface area (TPSA) is 79.0 Å². The third-order valence-electron chi connectivity index (χ3n) is 2.45. The van der Waals surface area contributed by atoms with Crippen LogP contribution in [0.15, 0.2) is 50.9 Å². The largest absolute Gasteiger partial charge is 0.464 e. The molecule has 0 saturated carbocycles. The Morgan fingerprint density at radius 3 is 3.11 bits per heavy atom. The van der Waals surface area contributed by atoms with E-state index in [0.717, 1.165) is 5.56 Å². The first-order chi connectivity index (χ1) is 8.81. The molecule has 0 N–H and O–H groups in total. The summed E-state index contributed by atoms with van der Waals surface area (Å²) in [5.41, 5.74) is 9.56. The molecule has 0 bridgehead atoms. The van der Waals surface area contributed by atoms with Crippen molar-refractivity contribution in [3.8, 4) is 0 Å². The molecule has 18 heavy (non-hydrogen) atoms. The van der Waals surface area contributed by atoms with Crippen LogP contribution < -0.4 is 5.43 Å². The van der Waals surface area contributed by atoms with E-state index in [0.29, 0.717) is 23.9 Å². The SMILES string of the molecule is [N-]=[N+]=NCCC=Cc1ccc2occc(=O)c2c1. The molecule has 0 saturated heterocycles. The summed E-state index contributed by atoms with van der Waals surface area (Å²) < 4.78 is 5.23. The van der Waals surface area contributed by atoms with E-state index in [1.165, 1.54) is 12.3 Å². The predicted octanol–water partition coefficient (Wildman–Crippen LogP) is 3.51. The Kier molecular flexibility index (Phi) is 3.79. The van der Waals surface area contributed by atoms with Gasteiger partial charge in [-0.25, -0.2) is 0 Å². The molecule has 90 valence electrons. The van der Waals surface area contributed by atoms with Crippen LogP contribution in [0.4, 0.5) is 0 Å². The quantitative estimate of drug-likeness (QED) is 0.355. The molecule has 0 fully saturated rings. The molecule has 0 amide bonds. The molecule has 5 heteroatoms. The van der Waals surface area contributed by atoms with Crippen LogP contribution in [0.25, 0.3) is 27.5 Å². The molecule has 2 rings (SSSR count). The van der Waals surface area contributed by atoms with Crippen molar-refractivity contribution in [1.29, 1.82) is 0 Å². The van der Waals surface area contributed by atoms with E-state index in [-0.39, 0.29) is 5.43 Å². The molecule has 0 radical (unpaired) electrons. The standard InChI is InChI=1S/C13H11N3O2/c14-16-15-7-2-1-3-10-4-5-13-11(9-10)12(17)6-8-18-13/h1,3-6,8-9H,2,7H2. The van der Waals surface area contributed by atoms with Gasteiger partial charge in [0, 0.05) is 17.5 Å². The number of hydrogen-bond acceptors (Lipinski definition) is 3. The molecule has 5 nitrogen and oxygen atoms in total. The van der Waals surface area contributed by atoms with E-state index >= 15 is 0 Å². The molecule has 0 unspecified atom stereocenters. The molecule has 0 aliphatic carbocycles. The van der Waals surface area contributed by atoms with E-state index in [4.69, 9.17) is 9.95 Å². The minimum absolute atomic E-state index is 0.0550. The van der Waals surface area contributed by atoms with E-state index < -0.39 is 0 Å². The number of rotatable bonds is 4. The number of hydrogen-bond donors (Lipinski definition) is 0. The van der Waals surface area contributed by atoms with Crippen molar-refractivity contribution in [3.05, 3.63) is 62.8 Å². The lowest BCUT2D eigenvalue weighted by atomic mass is 10.1. The fraction of sp³-hybridized carbons (Fsp3) is 0.154. The lowest BCUT2D eigenvalue weighted by Gasteiger charge is -1.97. The first kappa shape index (κ1) is 12.0.